The fourth-order valence-electron chi connectivity index (χ4n) is 3.64. The average Bonchev–Trinajstić information content (AvgIpc) is 2.59. The van der Waals surface area contributed by atoms with Gasteiger partial charge in [0.1, 0.15) is 5.75 Å². The molecule has 2 N–H and O–H groups in total. The molecule has 1 heterocycles. The molecule has 0 amide bonds. The highest BCUT2D eigenvalue weighted by atomic mass is 16.5. The van der Waals surface area contributed by atoms with Gasteiger partial charge in [-0.3, -0.25) is 4.90 Å². The molecule has 0 unspecified atom stereocenters. The monoisotopic (exact) mass is 337 g/mol. The van der Waals surface area contributed by atoms with Gasteiger partial charge >= 0.3 is 0 Å². The number of likely N-dealkylation sites (tertiary alicyclic amines) is 1. The number of ether oxygens (including phenoxy) is 2. The third kappa shape index (κ3) is 4.48. The number of nitrogens with zero attached hydrogens (tertiary/aromatic N) is 1. The van der Waals surface area contributed by atoms with Crippen molar-refractivity contribution in [1.29, 1.82) is 0 Å². The molecule has 0 radical (unpaired) electrons. The molecular weight excluding hydrogens is 306 g/mol. The highest BCUT2D eigenvalue weighted by Gasteiger charge is 2.41. The number of aliphatic hydroxyl groups is 2. The summed E-state index contributed by atoms with van der Waals surface area (Å²) in [5.74, 6) is 0.870. The average molecular weight is 337 g/mol. The largest absolute Gasteiger partial charge is 0.497 e. The lowest BCUT2D eigenvalue weighted by molar-refractivity contribution is -0.0843. The predicted molar refractivity (Wildman–Crippen MR) is 94.3 cm³/mol. The SMILES string of the molecule is COCCC[C@@]1(CO)CN(Cc2ccc(OC)cc2C)CC[C@H]1O. The first-order valence-corrected chi connectivity index (χ1v) is 8.68. The molecule has 1 aliphatic rings. The van der Waals surface area contributed by atoms with E-state index in [4.69, 9.17) is 9.47 Å². The normalized spacial score (nSPS) is 25.0. The molecule has 1 aromatic rings. The minimum absolute atomic E-state index is 0.00990. The van der Waals surface area contributed by atoms with Gasteiger partial charge in [-0.25, -0.2) is 0 Å². The summed E-state index contributed by atoms with van der Waals surface area (Å²) in [6.45, 7) is 5.14. The molecule has 2 rings (SSSR count). The first-order chi connectivity index (χ1) is 11.5. The lowest BCUT2D eigenvalue weighted by Gasteiger charge is -2.45. The van der Waals surface area contributed by atoms with Crippen LogP contribution in [0.1, 0.15) is 30.4 Å². The standard InChI is InChI=1S/C19H31NO4/c1-15-11-17(24-3)6-5-16(15)12-20-9-7-18(22)19(13-20,14-21)8-4-10-23-2/h5-6,11,18,21-22H,4,7-10,12-14H2,1-3H3/t18-,19+/m1/s1. The van der Waals surface area contributed by atoms with Gasteiger partial charge in [0, 0.05) is 38.8 Å². The van der Waals surface area contributed by atoms with Gasteiger partial charge in [0.05, 0.1) is 19.8 Å². The predicted octanol–water partition coefficient (Wildman–Crippen LogP) is 1.98. The smallest absolute Gasteiger partial charge is 0.119 e. The van der Waals surface area contributed by atoms with Crippen LogP contribution in [0.15, 0.2) is 18.2 Å². The van der Waals surface area contributed by atoms with Crippen LogP contribution in [0.5, 0.6) is 5.75 Å². The second kappa shape index (κ2) is 8.81. The maximum absolute atomic E-state index is 10.5. The number of aliphatic hydroxyl groups excluding tert-OH is 2. The lowest BCUT2D eigenvalue weighted by atomic mass is 9.74. The Hall–Kier alpha value is -1.14. The molecule has 5 nitrogen and oxygen atoms in total. The topological polar surface area (TPSA) is 62.2 Å². The number of aryl methyl sites for hydroxylation is 1. The van der Waals surface area contributed by atoms with E-state index < -0.39 is 11.5 Å². The van der Waals surface area contributed by atoms with E-state index in [1.165, 1.54) is 11.1 Å². The third-order valence-corrected chi connectivity index (χ3v) is 5.25. The van der Waals surface area contributed by atoms with E-state index >= 15 is 0 Å². The molecule has 1 aromatic carbocycles. The molecule has 1 saturated heterocycles. The molecule has 2 atom stereocenters. The van der Waals surface area contributed by atoms with Gasteiger partial charge in [0.15, 0.2) is 0 Å². The Kier molecular flexibility index (Phi) is 7.04. The molecular formula is C19H31NO4. The molecule has 0 bridgehead atoms. The summed E-state index contributed by atoms with van der Waals surface area (Å²) >= 11 is 0. The molecule has 0 saturated carbocycles. The highest BCUT2D eigenvalue weighted by molar-refractivity contribution is 5.34. The van der Waals surface area contributed by atoms with E-state index in [-0.39, 0.29) is 6.61 Å². The minimum Gasteiger partial charge on any atom is -0.497 e. The van der Waals surface area contributed by atoms with Crippen molar-refractivity contribution in [3.05, 3.63) is 29.3 Å². The fraction of sp³-hybridized carbons (Fsp3) is 0.684. The first kappa shape index (κ1) is 19.2. The van der Waals surface area contributed by atoms with Gasteiger partial charge in [-0.1, -0.05) is 6.07 Å². The maximum Gasteiger partial charge on any atom is 0.119 e. The van der Waals surface area contributed by atoms with Crippen LogP contribution in [0.25, 0.3) is 0 Å². The number of hydrogen-bond donors (Lipinski definition) is 2. The number of benzene rings is 1. The summed E-state index contributed by atoms with van der Waals surface area (Å²) in [6.07, 6.45) is 1.87. The van der Waals surface area contributed by atoms with Crippen molar-refractivity contribution in [2.75, 3.05) is 40.5 Å². The molecule has 0 aliphatic carbocycles. The molecule has 1 fully saturated rings. The van der Waals surface area contributed by atoms with Crippen LogP contribution < -0.4 is 4.74 Å². The van der Waals surface area contributed by atoms with Crippen molar-refractivity contribution in [3.8, 4) is 5.75 Å². The van der Waals surface area contributed by atoms with Crippen LogP contribution in [0, 0.1) is 12.3 Å². The highest BCUT2D eigenvalue weighted by Crippen LogP contribution is 2.35. The summed E-state index contributed by atoms with van der Waals surface area (Å²) in [4.78, 5) is 2.34. The van der Waals surface area contributed by atoms with Crippen LogP contribution in [-0.2, 0) is 11.3 Å². The molecule has 24 heavy (non-hydrogen) atoms. The van der Waals surface area contributed by atoms with E-state index in [0.29, 0.717) is 19.6 Å². The molecule has 0 spiro atoms. The van der Waals surface area contributed by atoms with Crippen molar-refractivity contribution < 1.29 is 19.7 Å². The molecule has 5 heteroatoms. The van der Waals surface area contributed by atoms with Gasteiger partial charge in [0.2, 0.25) is 0 Å². The van der Waals surface area contributed by atoms with Crippen molar-refractivity contribution in [3.63, 3.8) is 0 Å². The number of rotatable bonds is 8. The molecule has 0 aromatic heterocycles. The van der Waals surface area contributed by atoms with E-state index in [1.807, 2.05) is 12.1 Å². The van der Waals surface area contributed by atoms with Crippen molar-refractivity contribution in [2.45, 2.75) is 38.8 Å². The minimum atomic E-state index is -0.451. The second-order valence-electron chi connectivity index (χ2n) is 6.92. The third-order valence-electron chi connectivity index (χ3n) is 5.25. The maximum atomic E-state index is 10.5. The van der Waals surface area contributed by atoms with Gasteiger partial charge in [0.25, 0.3) is 0 Å². The van der Waals surface area contributed by atoms with E-state index in [9.17, 15) is 10.2 Å². The quantitative estimate of drug-likeness (QED) is 0.710. The van der Waals surface area contributed by atoms with Crippen LogP contribution in [-0.4, -0.2) is 61.7 Å². The summed E-state index contributed by atoms with van der Waals surface area (Å²) in [5.41, 5.74) is 2.02. The summed E-state index contributed by atoms with van der Waals surface area (Å²) in [5, 5.41) is 20.5. The van der Waals surface area contributed by atoms with Gasteiger partial charge in [-0.15, -0.1) is 0 Å². The number of methoxy groups -OCH3 is 2. The van der Waals surface area contributed by atoms with E-state index in [1.54, 1.807) is 14.2 Å². The summed E-state index contributed by atoms with van der Waals surface area (Å²) in [6, 6.07) is 6.13. The van der Waals surface area contributed by atoms with Gasteiger partial charge in [-0.05, 0) is 49.4 Å². The van der Waals surface area contributed by atoms with Crippen LogP contribution in [0.3, 0.4) is 0 Å². The summed E-state index contributed by atoms with van der Waals surface area (Å²) in [7, 11) is 3.36. The first-order valence-electron chi connectivity index (χ1n) is 8.68. The Morgan fingerprint density at radius 2 is 2.12 bits per heavy atom. The molecule has 136 valence electrons. The van der Waals surface area contributed by atoms with Crippen molar-refractivity contribution in [2.24, 2.45) is 5.41 Å². The second-order valence-corrected chi connectivity index (χ2v) is 6.92. The van der Waals surface area contributed by atoms with E-state index in [0.717, 1.165) is 31.7 Å². The Labute approximate surface area is 145 Å². The van der Waals surface area contributed by atoms with Crippen LogP contribution >= 0.6 is 0 Å². The zero-order valence-corrected chi connectivity index (χ0v) is 15.1. The van der Waals surface area contributed by atoms with Crippen LogP contribution in [0.4, 0.5) is 0 Å². The lowest BCUT2D eigenvalue weighted by Crippen LogP contribution is -2.53. The Bertz CT molecular complexity index is 522. The van der Waals surface area contributed by atoms with Gasteiger partial charge in [-0.2, -0.15) is 0 Å². The Morgan fingerprint density at radius 3 is 2.75 bits per heavy atom. The number of hydrogen-bond acceptors (Lipinski definition) is 5. The number of piperidine rings is 1. The fourth-order valence-corrected chi connectivity index (χ4v) is 3.64. The van der Waals surface area contributed by atoms with Gasteiger partial charge < -0.3 is 19.7 Å². The van der Waals surface area contributed by atoms with Crippen LogP contribution in [0.2, 0.25) is 0 Å². The zero-order valence-electron chi connectivity index (χ0n) is 15.1. The van der Waals surface area contributed by atoms with Crippen molar-refractivity contribution in [1.82, 2.24) is 4.90 Å². The Balaban J connectivity index is 2.06. The molecule has 1 aliphatic heterocycles. The van der Waals surface area contributed by atoms with Crippen molar-refractivity contribution >= 4 is 0 Å². The van der Waals surface area contributed by atoms with E-state index in [2.05, 4.69) is 17.9 Å². The zero-order chi connectivity index (χ0) is 17.6. The Morgan fingerprint density at radius 1 is 1.33 bits per heavy atom. The summed E-state index contributed by atoms with van der Waals surface area (Å²) < 4.78 is 10.4.